The van der Waals surface area contributed by atoms with E-state index in [1.165, 1.54) is 6.20 Å². The fourth-order valence-electron chi connectivity index (χ4n) is 3.48. The summed E-state index contributed by atoms with van der Waals surface area (Å²) in [7, 11) is 0. The topological polar surface area (TPSA) is 72.4 Å². The van der Waals surface area contributed by atoms with E-state index in [2.05, 4.69) is 10.4 Å². The predicted molar refractivity (Wildman–Crippen MR) is 100 cm³/mol. The van der Waals surface area contributed by atoms with Crippen molar-refractivity contribution in [2.75, 3.05) is 5.32 Å². The first kappa shape index (κ1) is 16.8. The SMILES string of the molecule is NC(=O)c1cnn2cc(-c3cccc(Cl)c3)cc2c1N[C@@H]1CCC[C@@H]1F. The first-order valence-corrected chi connectivity index (χ1v) is 8.88. The Morgan fingerprint density at radius 3 is 2.85 bits per heavy atom. The van der Waals surface area contributed by atoms with E-state index in [4.69, 9.17) is 17.3 Å². The van der Waals surface area contributed by atoms with Crippen LogP contribution in [0, 0.1) is 0 Å². The first-order chi connectivity index (χ1) is 12.5. The van der Waals surface area contributed by atoms with Gasteiger partial charge < -0.3 is 11.1 Å². The highest BCUT2D eigenvalue weighted by Gasteiger charge is 2.28. The molecule has 0 spiro atoms. The van der Waals surface area contributed by atoms with Gasteiger partial charge in [0.05, 0.1) is 29.0 Å². The van der Waals surface area contributed by atoms with Gasteiger partial charge in [-0.3, -0.25) is 4.79 Å². The molecular weight excluding hydrogens is 355 g/mol. The average Bonchev–Trinajstić information content (AvgIpc) is 3.21. The lowest BCUT2D eigenvalue weighted by molar-refractivity contribution is 0.100. The van der Waals surface area contributed by atoms with Crippen LogP contribution in [0.15, 0.2) is 42.7 Å². The second kappa shape index (κ2) is 6.61. The number of hydrogen-bond donors (Lipinski definition) is 2. The van der Waals surface area contributed by atoms with Crippen molar-refractivity contribution in [3.05, 3.63) is 53.3 Å². The maximum absolute atomic E-state index is 14.1. The minimum Gasteiger partial charge on any atom is -0.377 e. The van der Waals surface area contributed by atoms with Crippen LogP contribution < -0.4 is 11.1 Å². The second-order valence-electron chi connectivity index (χ2n) is 6.56. The van der Waals surface area contributed by atoms with Crippen LogP contribution in [0.4, 0.5) is 10.1 Å². The highest BCUT2D eigenvalue weighted by Crippen LogP contribution is 2.32. The van der Waals surface area contributed by atoms with E-state index in [9.17, 15) is 9.18 Å². The summed E-state index contributed by atoms with van der Waals surface area (Å²) in [5, 5.41) is 8.10. The number of benzene rings is 1. The quantitative estimate of drug-likeness (QED) is 0.725. The van der Waals surface area contributed by atoms with Gasteiger partial charge in [-0.2, -0.15) is 5.10 Å². The lowest BCUT2D eigenvalue weighted by atomic mass is 10.1. The number of nitrogens with two attached hydrogens (primary N) is 1. The summed E-state index contributed by atoms with van der Waals surface area (Å²) in [6.45, 7) is 0. The van der Waals surface area contributed by atoms with Gasteiger partial charge in [0.2, 0.25) is 0 Å². The minimum absolute atomic E-state index is 0.257. The van der Waals surface area contributed by atoms with Crippen molar-refractivity contribution >= 4 is 28.7 Å². The summed E-state index contributed by atoms with van der Waals surface area (Å²) in [6.07, 6.45) is 4.39. The zero-order valence-corrected chi connectivity index (χ0v) is 14.7. The van der Waals surface area contributed by atoms with E-state index in [0.717, 1.165) is 24.0 Å². The number of carbonyl (C=O) groups excluding carboxylic acids is 1. The molecule has 2 atom stereocenters. The molecule has 26 heavy (non-hydrogen) atoms. The fraction of sp³-hybridized carbons (Fsp3) is 0.263. The third-order valence-corrected chi connectivity index (χ3v) is 5.06. The summed E-state index contributed by atoms with van der Waals surface area (Å²) < 4.78 is 15.8. The molecule has 1 aliphatic rings. The van der Waals surface area contributed by atoms with Crippen LogP contribution in [0.3, 0.4) is 0 Å². The number of carbonyl (C=O) groups is 1. The molecule has 4 rings (SSSR count). The van der Waals surface area contributed by atoms with Gasteiger partial charge in [0.1, 0.15) is 6.17 Å². The lowest BCUT2D eigenvalue weighted by Gasteiger charge is -2.19. The van der Waals surface area contributed by atoms with Gasteiger partial charge in [0.25, 0.3) is 5.91 Å². The molecule has 0 aliphatic heterocycles. The molecule has 1 aliphatic carbocycles. The van der Waals surface area contributed by atoms with Crippen molar-refractivity contribution in [3.8, 4) is 11.1 Å². The molecule has 2 heterocycles. The summed E-state index contributed by atoms with van der Waals surface area (Å²) in [5.41, 5.74) is 8.80. The molecule has 134 valence electrons. The van der Waals surface area contributed by atoms with Crippen molar-refractivity contribution in [2.24, 2.45) is 5.73 Å². The Balaban J connectivity index is 1.83. The summed E-state index contributed by atoms with van der Waals surface area (Å²) in [5.74, 6) is -0.596. The number of alkyl halides is 1. The van der Waals surface area contributed by atoms with Gasteiger partial charge in [-0.1, -0.05) is 23.7 Å². The second-order valence-corrected chi connectivity index (χ2v) is 7.00. The van der Waals surface area contributed by atoms with Crippen molar-refractivity contribution in [3.63, 3.8) is 0 Å². The number of nitrogens with one attached hydrogen (secondary N) is 1. The molecule has 1 amide bonds. The molecule has 7 heteroatoms. The number of primary amides is 1. The lowest BCUT2D eigenvalue weighted by Crippen LogP contribution is -2.27. The first-order valence-electron chi connectivity index (χ1n) is 8.50. The van der Waals surface area contributed by atoms with Gasteiger partial charge in [-0.05, 0) is 43.0 Å². The maximum Gasteiger partial charge on any atom is 0.252 e. The molecule has 1 saturated carbocycles. The van der Waals surface area contributed by atoms with Crippen LogP contribution in [0.2, 0.25) is 5.02 Å². The number of rotatable bonds is 4. The van der Waals surface area contributed by atoms with Crippen LogP contribution >= 0.6 is 11.6 Å². The van der Waals surface area contributed by atoms with Crippen LogP contribution in [-0.2, 0) is 0 Å². The van der Waals surface area contributed by atoms with Crippen LogP contribution in [0.1, 0.15) is 29.6 Å². The summed E-state index contributed by atoms with van der Waals surface area (Å²) in [4.78, 5) is 11.9. The highest BCUT2D eigenvalue weighted by atomic mass is 35.5. The van der Waals surface area contributed by atoms with E-state index >= 15 is 0 Å². The Morgan fingerprint density at radius 2 is 2.15 bits per heavy atom. The molecule has 3 aromatic rings. The van der Waals surface area contributed by atoms with Gasteiger partial charge in [0, 0.05) is 16.8 Å². The van der Waals surface area contributed by atoms with E-state index < -0.39 is 12.1 Å². The summed E-state index contributed by atoms with van der Waals surface area (Å²) in [6, 6.07) is 9.04. The molecule has 0 bridgehead atoms. The standard InChI is InChI=1S/C19H18ClFN4O/c20-13-4-1-3-11(7-13)12-8-17-18(24-16-6-2-5-15(16)21)14(19(22)26)9-23-25(17)10-12/h1,3-4,7-10,15-16,24H,2,5-6H2,(H2,22,26)/t15-,16+/m0/s1. The van der Waals surface area contributed by atoms with E-state index in [-0.39, 0.29) is 11.6 Å². The molecule has 3 N–H and O–H groups in total. The number of halogens is 2. The van der Waals surface area contributed by atoms with E-state index in [1.54, 1.807) is 10.6 Å². The monoisotopic (exact) mass is 372 g/mol. The summed E-state index contributed by atoms with van der Waals surface area (Å²) >= 11 is 6.08. The van der Waals surface area contributed by atoms with Crippen LogP contribution in [-0.4, -0.2) is 27.7 Å². The van der Waals surface area contributed by atoms with Crippen LogP contribution in [0.25, 0.3) is 16.6 Å². The zero-order chi connectivity index (χ0) is 18.3. The number of fused-ring (bicyclic) bond motifs is 1. The Morgan fingerprint density at radius 1 is 1.31 bits per heavy atom. The van der Waals surface area contributed by atoms with Crippen molar-refractivity contribution in [1.29, 1.82) is 0 Å². The Labute approximate surface area is 154 Å². The number of aromatic nitrogens is 2. The number of hydrogen-bond acceptors (Lipinski definition) is 3. The minimum atomic E-state index is -0.939. The maximum atomic E-state index is 14.1. The Hall–Kier alpha value is -2.60. The Kier molecular flexibility index (Phi) is 4.28. The number of amides is 1. The molecule has 0 saturated heterocycles. The number of anilines is 1. The third-order valence-electron chi connectivity index (χ3n) is 4.82. The smallest absolute Gasteiger partial charge is 0.252 e. The highest BCUT2D eigenvalue weighted by molar-refractivity contribution is 6.30. The molecular formula is C19H18ClFN4O. The average molecular weight is 373 g/mol. The van der Waals surface area contributed by atoms with Crippen LogP contribution in [0.5, 0.6) is 0 Å². The zero-order valence-electron chi connectivity index (χ0n) is 14.0. The van der Waals surface area contributed by atoms with Gasteiger partial charge in [-0.15, -0.1) is 0 Å². The van der Waals surface area contributed by atoms with Crippen molar-refractivity contribution in [1.82, 2.24) is 9.61 Å². The van der Waals surface area contributed by atoms with E-state index in [1.807, 2.05) is 30.5 Å². The van der Waals surface area contributed by atoms with Gasteiger partial charge in [-0.25, -0.2) is 8.91 Å². The number of nitrogens with zero attached hydrogens (tertiary/aromatic N) is 2. The fourth-order valence-corrected chi connectivity index (χ4v) is 3.67. The van der Waals surface area contributed by atoms with Gasteiger partial charge in [0.15, 0.2) is 0 Å². The van der Waals surface area contributed by atoms with Crippen molar-refractivity contribution in [2.45, 2.75) is 31.5 Å². The molecule has 0 radical (unpaired) electrons. The molecule has 0 unspecified atom stereocenters. The molecule has 1 aromatic carbocycles. The molecule has 5 nitrogen and oxygen atoms in total. The normalized spacial score (nSPS) is 19.8. The third kappa shape index (κ3) is 3.01. The molecule has 2 aromatic heterocycles. The Bertz CT molecular complexity index is 987. The van der Waals surface area contributed by atoms with Gasteiger partial charge >= 0.3 is 0 Å². The largest absolute Gasteiger partial charge is 0.377 e. The van der Waals surface area contributed by atoms with Crippen molar-refractivity contribution < 1.29 is 9.18 Å². The predicted octanol–water partition coefficient (Wildman–Crippen LogP) is 4.06. The molecule has 1 fully saturated rings. The van der Waals surface area contributed by atoms with E-state index in [0.29, 0.717) is 22.6 Å².